The van der Waals surface area contributed by atoms with E-state index in [4.69, 9.17) is 9.52 Å². The molecule has 1 atom stereocenters. The van der Waals surface area contributed by atoms with Crippen LogP contribution in [0.3, 0.4) is 0 Å². The zero-order valence-electron chi connectivity index (χ0n) is 17.9. The van der Waals surface area contributed by atoms with Crippen molar-refractivity contribution in [1.82, 2.24) is 10.2 Å². The van der Waals surface area contributed by atoms with Crippen molar-refractivity contribution < 1.29 is 18.1 Å². The van der Waals surface area contributed by atoms with Gasteiger partial charge >= 0.3 is 0 Å². The number of hydrogen-bond donors (Lipinski definition) is 2. The highest BCUT2D eigenvalue weighted by Crippen LogP contribution is 2.29. The summed E-state index contributed by atoms with van der Waals surface area (Å²) in [6, 6.07) is 10.3. The van der Waals surface area contributed by atoms with Gasteiger partial charge in [0.1, 0.15) is 22.8 Å². The Labute approximate surface area is 186 Å². The fraction of sp³-hybridized carbons (Fsp3) is 0.174. The van der Waals surface area contributed by atoms with Gasteiger partial charge in [0.15, 0.2) is 0 Å². The number of nitrogens with one attached hydrogen (secondary N) is 2. The minimum absolute atomic E-state index is 0.0627. The number of benzene rings is 2. The van der Waals surface area contributed by atoms with Gasteiger partial charge in [0, 0.05) is 22.4 Å². The Morgan fingerprint density at radius 3 is 2.59 bits per heavy atom. The highest BCUT2D eigenvalue weighted by Gasteiger charge is 2.22. The molecule has 3 aromatic rings. The molecule has 0 spiro atoms. The second kappa shape index (κ2) is 9.16. The molecule has 2 N–H and O–H groups in total. The topological polar surface area (TPSA) is 105 Å². The van der Waals surface area contributed by atoms with Crippen molar-refractivity contribution in [2.45, 2.75) is 25.7 Å². The molecule has 0 saturated carbocycles. The number of halogens is 1. The van der Waals surface area contributed by atoms with Gasteiger partial charge < -0.3 is 10.1 Å². The number of hydrogen-bond acceptors (Lipinski definition) is 6. The normalized spacial score (nSPS) is 12.3. The fourth-order valence-corrected chi connectivity index (χ4v) is 3.61. The Hall–Kier alpha value is -3.77. The van der Waals surface area contributed by atoms with Crippen LogP contribution in [0.5, 0.6) is 11.6 Å². The predicted molar refractivity (Wildman–Crippen MR) is 120 cm³/mol. The maximum absolute atomic E-state index is 13.5. The summed E-state index contributed by atoms with van der Waals surface area (Å²) >= 11 is 0. The number of rotatable bonds is 5. The van der Waals surface area contributed by atoms with E-state index in [2.05, 4.69) is 27.4 Å². The number of carbonyl (C=O) groups excluding carboxylic acids is 1. The van der Waals surface area contributed by atoms with Gasteiger partial charge in [-0.1, -0.05) is 12.0 Å². The first-order valence-electron chi connectivity index (χ1n) is 9.49. The van der Waals surface area contributed by atoms with Crippen molar-refractivity contribution in [2.75, 3.05) is 11.6 Å². The van der Waals surface area contributed by atoms with Crippen LogP contribution in [-0.4, -0.2) is 26.6 Å². The van der Waals surface area contributed by atoms with Gasteiger partial charge in [-0.25, -0.2) is 13.4 Å². The van der Waals surface area contributed by atoms with Gasteiger partial charge in [0.2, 0.25) is 0 Å². The first-order chi connectivity index (χ1) is 15.1. The Bertz CT molecular complexity index is 1380. The summed E-state index contributed by atoms with van der Waals surface area (Å²) in [5.74, 6) is 4.84. The molecule has 3 rings (SSSR count). The third kappa shape index (κ3) is 5.10. The van der Waals surface area contributed by atoms with E-state index in [1.165, 1.54) is 30.5 Å². The molecule has 0 radical (unpaired) electrons. The number of nitrogens with zero attached hydrogens (tertiary/aromatic N) is 2. The lowest BCUT2D eigenvalue weighted by atomic mass is 10.1. The van der Waals surface area contributed by atoms with Crippen LogP contribution in [0.2, 0.25) is 0 Å². The van der Waals surface area contributed by atoms with E-state index in [0.29, 0.717) is 28.3 Å². The van der Waals surface area contributed by atoms with Crippen LogP contribution < -0.4 is 10.1 Å². The molecule has 1 aromatic heterocycles. The molecule has 1 unspecified atom stereocenters. The summed E-state index contributed by atoms with van der Waals surface area (Å²) < 4.78 is 39.1. The number of amides is 1. The van der Waals surface area contributed by atoms with E-state index in [9.17, 15) is 13.4 Å². The maximum atomic E-state index is 13.5. The summed E-state index contributed by atoms with van der Waals surface area (Å²) in [5, 5.41) is 10.8. The Kier molecular flexibility index (Phi) is 6.55. The van der Waals surface area contributed by atoms with E-state index in [-0.39, 0.29) is 16.3 Å². The molecule has 32 heavy (non-hydrogen) atoms. The molecule has 0 fully saturated rings. The van der Waals surface area contributed by atoms with Crippen LogP contribution in [-0.2, 0) is 9.73 Å². The zero-order chi connectivity index (χ0) is 23.5. The van der Waals surface area contributed by atoms with Crippen molar-refractivity contribution in [1.29, 1.82) is 4.78 Å². The van der Waals surface area contributed by atoms with Crippen LogP contribution in [0.25, 0.3) is 0 Å². The van der Waals surface area contributed by atoms with Gasteiger partial charge in [0.05, 0.1) is 9.73 Å². The molecule has 0 aliphatic heterocycles. The summed E-state index contributed by atoms with van der Waals surface area (Å²) in [4.78, 5) is 13.5. The third-order valence-electron chi connectivity index (χ3n) is 4.54. The lowest BCUT2D eigenvalue weighted by Crippen LogP contribution is -2.17. The van der Waals surface area contributed by atoms with Crippen molar-refractivity contribution in [2.24, 2.45) is 0 Å². The van der Waals surface area contributed by atoms with Gasteiger partial charge in [-0.05, 0) is 68.7 Å². The first kappa shape index (κ1) is 22.9. The molecular formula is C23H21FN4O3S. The van der Waals surface area contributed by atoms with E-state index in [0.717, 1.165) is 0 Å². The number of carbonyl (C=O) groups is 1. The van der Waals surface area contributed by atoms with E-state index >= 15 is 0 Å². The van der Waals surface area contributed by atoms with Crippen LogP contribution in [0.15, 0.2) is 47.4 Å². The Balaban J connectivity index is 2.05. The minimum Gasteiger partial charge on any atom is -0.437 e. The molecule has 0 aliphatic carbocycles. The fourth-order valence-electron chi connectivity index (χ4n) is 2.92. The molecule has 9 heteroatoms. The van der Waals surface area contributed by atoms with E-state index in [1.54, 1.807) is 39.0 Å². The van der Waals surface area contributed by atoms with Crippen LogP contribution in [0, 0.1) is 36.3 Å². The van der Waals surface area contributed by atoms with E-state index in [1.807, 2.05) is 0 Å². The molecule has 7 nitrogen and oxygen atoms in total. The summed E-state index contributed by atoms with van der Waals surface area (Å²) in [6.45, 7) is 4.98. The maximum Gasteiger partial charge on any atom is 0.261 e. The first-order valence-corrected chi connectivity index (χ1v) is 11.5. The molecular weight excluding hydrogens is 431 g/mol. The lowest BCUT2D eigenvalue weighted by molar-refractivity contribution is 0.102. The Morgan fingerprint density at radius 2 is 1.94 bits per heavy atom. The molecule has 2 aromatic carbocycles. The highest BCUT2D eigenvalue weighted by atomic mass is 32.2. The van der Waals surface area contributed by atoms with Gasteiger partial charge in [-0.15, -0.1) is 10.2 Å². The van der Waals surface area contributed by atoms with Gasteiger partial charge in [-0.2, -0.15) is 0 Å². The third-order valence-corrected chi connectivity index (χ3v) is 5.69. The van der Waals surface area contributed by atoms with Crippen molar-refractivity contribution in [3.63, 3.8) is 0 Å². The molecule has 1 amide bonds. The average Bonchev–Trinajstić information content (AvgIpc) is 2.71. The molecule has 0 bridgehead atoms. The van der Waals surface area contributed by atoms with Gasteiger partial charge in [-0.3, -0.25) is 4.79 Å². The van der Waals surface area contributed by atoms with Crippen LogP contribution >= 0.6 is 0 Å². The summed E-state index contributed by atoms with van der Waals surface area (Å²) in [6.07, 6.45) is 1.30. The average molecular weight is 453 g/mol. The molecule has 0 aliphatic rings. The largest absolute Gasteiger partial charge is 0.437 e. The van der Waals surface area contributed by atoms with Crippen LogP contribution in [0.4, 0.5) is 10.1 Å². The SMILES string of the molecule is CC#Cc1nnc(Oc2ccc(F)cc2C)c(C(=O)Nc2cccc(S(C)(=N)=O)c2)c1C. The number of ether oxygens (including phenoxy) is 1. The van der Waals surface area contributed by atoms with Crippen molar-refractivity contribution >= 4 is 21.3 Å². The number of anilines is 1. The molecule has 1 heterocycles. The number of aryl methyl sites for hydroxylation is 1. The quantitative estimate of drug-likeness (QED) is 0.547. The second-order valence-electron chi connectivity index (χ2n) is 7.07. The van der Waals surface area contributed by atoms with Crippen molar-refractivity contribution in [3.05, 3.63) is 70.7 Å². The number of aromatic nitrogens is 2. The predicted octanol–water partition coefficient (Wildman–Crippen LogP) is 4.68. The zero-order valence-corrected chi connectivity index (χ0v) is 18.8. The van der Waals surface area contributed by atoms with Gasteiger partial charge in [0.25, 0.3) is 11.8 Å². The monoisotopic (exact) mass is 452 g/mol. The standard InChI is InChI=1S/C23H21FN4O3S/c1-5-7-19-15(3)21(22(29)26-17-8-6-9-18(13-17)32(4,25)30)23(28-27-19)31-20-11-10-16(24)12-14(20)2/h6,8-13,25H,1-4H3,(H,26,29). The molecule has 164 valence electrons. The Morgan fingerprint density at radius 1 is 1.19 bits per heavy atom. The summed E-state index contributed by atoms with van der Waals surface area (Å²) in [7, 11) is -2.95. The minimum atomic E-state index is -2.95. The lowest BCUT2D eigenvalue weighted by Gasteiger charge is -2.14. The van der Waals surface area contributed by atoms with Crippen molar-refractivity contribution in [3.8, 4) is 23.5 Å². The highest BCUT2D eigenvalue weighted by molar-refractivity contribution is 7.91. The second-order valence-corrected chi connectivity index (χ2v) is 9.22. The van der Waals surface area contributed by atoms with E-state index < -0.39 is 21.5 Å². The summed E-state index contributed by atoms with van der Waals surface area (Å²) in [5.41, 5.74) is 1.76. The molecule has 0 saturated heterocycles. The van der Waals surface area contributed by atoms with Crippen LogP contribution in [0.1, 0.15) is 34.1 Å². The smallest absolute Gasteiger partial charge is 0.261 e.